The molecule has 3 heterocycles. The first-order valence-electron chi connectivity index (χ1n) is 9.32. The number of hydrogen-bond acceptors (Lipinski definition) is 3. The summed E-state index contributed by atoms with van der Waals surface area (Å²) < 4.78 is 14.4. The molecule has 0 N–H and O–H groups in total. The van der Waals surface area contributed by atoms with Crippen LogP contribution >= 0.6 is 12.4 Å². The van der Waals surface area contributed by atoms with E-state index in [0.717, 1.165) is 38.6 Å². The highest BCUT2D eigenvalue weighted by molar-refractivity contribution is 6.05. The molecule has 0 fully saturated rings. The molecule has 2 aromatic carbocycles. The summed E-state index contributed by atoms with van der Waals surface area (Å²) in [7, 11) is 0. The van der Waals surface area contributed by atoms with E-state index in [1.54, 1.807) is 6.20 Å². The first-order chi connectivity index (χ1) is 13.7. The van der Waals surface area contributed by atoms with Crippen LogP contribution in [0.25, 0.3) is 32.8 Å². The van der Waals surface area contributed by atoms with Crippen LogP contribution in [0, 0.1) is 13.8 Å². The van der Waals surface area contributed by atoms with Gasteiger partial charge in [-0.25, -0.2) is 4.98 Å². The second-order valence-corrected chi connectivity index (χ2v) is 6.98. The van der Waals surface area contributed by atoms with Crippen molar-refractivity contribution in [1.29, 1.82) is 0 Å². The molecule has 0 amide bonds. The van der Waals surface area contributed by atoms with Crippen LogP contribution in [0.5, 0.6) is 11.6 Å². The summed E-state index contributed by atoms with van der Waals surface area (Å²) in [6, 6.07) is 16.0. The van der Waals surface area contributed by atoms with Gasteiger partial charge in [-0.3, -0.25) is 0 Å². The fraction of sp³-hybridized carbons (Fsp3) is 0.125. The molecule has 0 saturated carbocycles. The Morgan fingerprint density at radius 1 is 1.03 bits per heavy atom. The van der Waals surface area contributed by atoms with Gasteiger partial charge < -0.3 is 13.7 Å². The highest BCUT2D eigenvalue weighted by atomic mass is 35.5. The van der Waals surface area contributed by atoms with Crippen LogP contribution in [0.15, 0.2) is 71.8 Å². The summed E-state index contributed by atoms with van der Waals surface area (Å²) in [4.78, 5) is 4.53. The molecule has 146 valence electrons. The topological polar surface area (TPSA) is 40.2 Å². The van der Waals surface area contributed by atoms with Crippen LogP contribution in [-0.4, -0.2) is 9.55 Å². The lowest BCUT2D eigenvalue weighted by Crippen LogP contribution is -2.00. The largest absolute Gasteiger partial charge is 0.456 e. The predicted octanol–water partition coefficient (Wildman–Crippen LogP) is 6.95. The Morgan fingerprint density at radius 3 is 2.66 bits per heavy atom. The Labute approximate surface area is 174 Å². The molecule has 0 saturated heterocycles. The highest BCUT2D eigenvalue weighted by Crippen LogP contribution is 2.36. The number of benzene rings is 2. The Hall–Kier alpha value is -3.24. The first kappa shape index (κ1) is 19.1. The van der Waals surface area contributed by atoms with Crippen LogP contribution in [0.3, 0.4) is 0 Å². The van der Waals surface area contributed by atoms with Crippen molar-refractivity contribution in [3.63, 3.8) is 0 Å². The summed E-state index contributed by atoms with van der Waals surface area (Å²) in [6.07, 6.45) is 3.69. The normalized spacial score (nSPS) is 11.1. The number of para-hydroxylation sites is 1. The van der Waals surface area contributed by atoms with Crippen LogP contribution in [0.2, 0.25) is 0 Å². The summed E-state index contributed by atoms with van der Waals surface area (Å²) in [5.41, 5.74) is 5.15. The molecule has 3 aromatic heterocycles. The van der Waals surface area contributed by atoms with Gasteiger partial charge in [-0.15, -0.1) is 19.0 Å². The minimum absolute atomic E-state index is 0. The van der Waals surface area contributed by atoms with E-state index in [2.05, 4.69) is 36.0 Å². The number of nitrogens with zero attached hydrogens (tertiary/aromatic N) is 2. The number of aryl methyl sites for hydroxylation is 1. The average Bonchev–Trinajstić information content (AvgIpc) is 3.20. The molecule has 0 aliphatic carbocycles. The van der Waals surface area contributed by atoms with E-state index in [-0.39, 0.29) is 12.4 Å². The fourth-order valence-electron chi connectivity index (χ4n) is 3.88. The van der Waals surface area contributed by atoms with Crippen molar-refractivity contribution in [3.05, 3.63) is 78.6 Å². The van der Waals surface area contributed by atoms with Gasteiger partial charge in [-0.1, -0.05) is 24.3 Å². The molecule has 0 aliphatic heterocycles. The van der Waals surface area contributed by atoms with E-state index in [4.69, 9.17) is 9.15 Å². The van der Waals surface area contributed by atoms with Crippen LogP contribution < -0.4 is 4.74 Å². The first-order valence-corrected chi connectivity index (χ1v) is 9.32. The van der Waals surface area contributed by atoms with Gasteiger partial charge in [0.1, 0.15) is 22.4 Å². The number of halogens is 1. The number of hydrogen-bond donors (Lipinski definition) is 0. The number of pyridine rings is 1. The fourth-order valence-corrected chi connectivity index (χ4v) is 3.88. The van der Waals surface area contributed by atoms with E-state index in [9.17, 15) is 0 Å². The van der Waals surface area contributed by atoms with Gasteiger partial charge in [0.25, 0.3) is 0 Å². The lowest BCUT2D eigenvalue weighted by atomic mass is 10.1. The molecular formula is C24H21ClN2O2. The second kappa shape index (κ2) is 7.30. The Kier molecular flexibility index (Phi) is 4.81. The van der Waals surface area contributed by atoms with Gasteiger partial charge in [0.2, 0.25) is 5.88 Å². The molecule has 0 atom stereocenters. The Morgan fingerprint density at radius 2 is 1.83 bits per heavy atom. The number of rotatable bonds is 4. The van der Waals surface area contributed by atoms with Gasteiger partial charge in [0, 0.05) is 34.6 Å². The van der Waals surface area contributed by atoms with Crippen LogP contribution in [-0.2, 0) is 6.54 Å². The van der Waals surface area contributed by atoms with Gasteiger partial charge in [-0.05, 0) is 49.7 Å². The van der Waals surface area contributed by atoms with Crippen molar-refractivity contribution in [2.24, 2.45) is 0 Å². The Bertz CT molecular complexity index is 1360. The van der Waals surface area contributed by atoms with Crippen LogP contribution in [0.4, 0.5) is 0 Å². The average molecular weight is 405 g/mol. The maximum Gasteiger partial charge on any atom is 0.244 e. The number of aromatic nitrogens is 2. The van der Waals surface area contributed by atoms with Gasteiger partial charge in [-0.2, -0.15) is 0 Å². The number of ether oxygens (including phenoxy) is 1. The zero-order chi connectivity index (χ0) is 19.3. The quantitative estimate of drug-likeness (QED) is 0.304. The van der Waals surface area contributed by atoms with Crippen molar-refractivity contribution in [2.45, 2.75) is 20.4 Å². The SMILES string of the molecule is C=CCn1c(C)c(C)c2ccnc(Oc3ccc4oc5ccccc5c4c3)c21.Cl. The summed E-state index contributed by atoms with van der Waals surface area (Å²) >= 11 is 0. The predicted molar refractivity (Wildman–Crippen MR) is 120 cm³/mol. The van der Waals surface area contributed by atoms with Crippen molar-refractivity contribution in [3.8, 4) is 11.6 Å². The number of allylic oxidation sites excluding steroid dienone is 1. The van der Waals surface area contributed by atoms with E-state index >= 15 is 0 Å². The number of fused-ring (bicyclic) bond motifs is 4. The van der Waals surface area contributed by atoms with E-state index in [1.807, 2.05) is 48.5 Å². The molecule has 0 radical (unpaired) electrons. The van der Waals surface area contributed by atoms with Gasteiger partial charge in [0.15, 0.2) is 0 Å². The lowest BCUT2D eigenvalue weighted by Gasteiger charge is -2.10. The number of furan rings is 1. The van der Waals surface area contributed by atoms with E-state index in [1.165, 1.54) is 11.3 Å². The molecule has 5 rings (SSSR count). The molecule has 0 bridgehead atoms. The summed E-state index contributed by atoms with van der Waals surface area (Å²) in [5, 5.41) is 3.27. The molecule has 0 unspecified atom stereocenters. The molecular weight excluding hydrogens is 384 g/mol. The van der Waals surface area contributed by atoms with Crippen molar-refractivity contribution in [1.82, 2.24) is 9.55 Å². The molecule has 0 spiro atoms. The van der Waals surface area contributed by atoms with Gasteiger partial charge >= 0.3 is 0 Å². The monoisotopic (exact) mass is 404 g/mol. The maximum absolute atomic E-state index is 6.27. The third-order valence-corrected chi connectivity index (χ3v) is 5.39. The minimum Gasteiger partial charge on any atom is -0.456 e. The van der Waals surface area contributed by atoms with Gasteiger partial charge in [0.05, 0.1) is 0 Å². The second-order valence-electron chi connectivity index (χ2n) is 6.98. The zero-order valence-electron chi connectivity index (χ0n) is 16.3. The standard InChI is InChI=1S/C24H20N2O2.ClH/c1-4-13-26-16(3)15(2)18-11-12-25-24(23(18)26)27-17-9-10-22-20(14-17)19-7-5-6-8-21(19)28-22;/h4-12,14H,1,13H2,2-3H3;1H. The molecule has 29 heavy (non-hydrogen) atoms. The molecule has 4 nitrogen and oxygen atoms in total. The third kappa shape index (κ3) is 2.97. The smallest absolute Gasteiger partial charge is 0.244 e. The molecule has 0 aliphatic rings. The van der Waals surface area contributed by atoms with Crippen molar-refractivity contribution >= 4 is 45.2 Å². The lowest BCUT2D eigenvalue weighted by molar-refractivity contribution is 0.466. The zero-order valence-corrected chi connectivity index (χ0v) is 17.1. The molecule has 5 aromatic rings. The maximum atomic E-state index is 6.27. The Balaban J connectivity index is 0.00000205. The summed E-state index contributed by atoms with van der Waals surface area (Å²) in [6.45, 7) is 8.85. The highest BCUT2D eigenvalue weighted by Gasteiger charge is 2.16. The van der Waals surface area contributed by atoms with Crippen LogP contribution in [0.1, 0.15) is 11.3 Å². The van der Waals surface area contributed by atoms with E-state index < -0.39 is 0 Å². The van der Waals surface area contributed by atoms with E-state index in [0.29, 0.717) is 12.4 Å². The third-order valence-electron chi connectivity index (χ3n) is 5.39. The van der Waals surface area contributed by atoms with Crippen molar-refractivity contribution < 1.29 is 9.15 Å². The minimum atomic E-state index is 0. The molecule has 5 heteroatoms. The van der Waals surface area contributed by atoms with Crippen molar-refractivity contribution in [2.75, 3.05) is 0 Å². The summed E-state index contributed by atoms with van der Waals surface area (Å²) in [5.74, 6) is 1.34.